The Morgan fingerprint density at radius 3 is 2.28 bits per heavy atom. The summed E-state index contributed by atoms with van der Waals surface area (Å²) in [6.07, 6.45) is -4.50. The van der Waals surface area contributed by atoms with Crippen molar-refractivity contribution in [3.8, 4) is 0 Å². The molecule has 0 saturated carbocycles. The monoisotopic (exact) mass is 283 g/mol. The summed E-state index contributed by atoms with van der Waals surface area (Å²) in [6, 6.07) is -1.72. The van der Waals surface area contributed by atoms with Gasteiger partial charge in [0.05, 0.1) is 0 Å². The molecule has 0 unspecified atom stereocenters. The maximum absolute atomic E-state index is 12.6. The fourth-order valence-corrected chi connectivity index (χ4v) is 1.38. The van der Waals surface area contributed by atoms with Gasteiger partial charge >= 0.3 is 6.18 Å². The third-order valence-electron chi connectivity index (χ3n) is 2.05. The number of rotatable bonds is 5. The van der Waals surface area contributed by atoms with Crippen LogP contribution in [0.5, 0.6) is 0 Å². The minimum absolute atomic E-state index is 0.136. The van der Waals surface area contributed by atoms with Crippen molar-refractivity contribution in [2.45, 2.75) is 32.5 Å². The zero-order valence-corrected chi connectivity index (χ0v) is 10.6. The average molecular weight is 284 g/mol. The van der Waals surface area contributed by atoms with E-state index in [1.165, 1.54) is 6.92 Å². The molecule has 0 bridgehead atoms. The van der Waals surface area contributed by atoms with Crippen LogP contribution < -0.4 is 10.6 Å². The number of aromatic nitrogens is 3. The zero-order chi connectivity index (χ0) is 13.8. The Bertz CT molecular complexity index is 398. The molecule has 1 rings (SSSR count). The van der Waals surface area contributed by atoms with Crippen LogP contribution >= 0.6 is 11.6 Å². The van der Waals surface area contributed by atoms with Crippen LogP contribution in [-0.2, 0) is 0 Å². The molecule has 0 aliphatic heterocycles. The molecule has 0 aliphatic carbocycles. The second-order valence-electron chi connectivity index (χ2n) is 3.43. The van der Waals surface area contributed by atoms with Crippen LogP contribution in [0.1, 0.15) is 20.3 Å². The van der Waals surface area contributed by atoms with Crippen molar-refractivity contribution in [2.24, 2.45) is 0 Å². The maximum Gasteiger partial charge on any atom is 0.408 e. The van der Waals surface area contributed by atoms with E-state index < -0.39 is 12.2 Å². The summed E-state index contributed by atoms with van der Waals surface area (Å²) < 4.78 is 37.7. The fourth-order valence-electron chi connectivity index (χ4n) is 1.22. The topological polar surface area (TPSA) is 62.7 Å². The summed E-state index contributed by atoms with van der Waals surface area (Å²) >= 11 is 5.60. The van der Waals surface area contributed by atoms with Gasteiger partial charge in [0.15, 0.2) is 0 Å². The van der Waals surface area contributed by atoms with E-state index in [1.807, 2.05) is 0 Å². The highest BCUT2D eigenvalue weighted by atomic mass is 35.5. The van der Waals surface area contributed by atoms with E-state index >= 15 is 0 Å². The van der Waals surface area contributed by atoms with Gasteiger partial charge in [0.1, 0.15) is 6.04 Å². The van der Waals surface area contributed by atoms with Crippen LogP contribution in [0.3, 0.4) is 0 Å². The van der Waals surface area contributed by atoms with Gasteiger partial charge in [-0.2, -0.15) is 28.1 Å². The highest BCUT2D eigenvalue weighted by molar-refractivity contribution is 6.28. The Labute approximate surface area is 107 Å². The smallest absolute Gasteiger partial charge is 0.354 e. The Morgan fingerprint density at radius 2 is 1.78 bits per heavy atom. The van der Waals surface area contributed by atoms with Crippen LogP contribution in [-0.4, -0.2) is 33.7 Å². The summed E-state index contributed by atoms with van der Waals surface area (Å²) in [5, 5.41) is 4.78. The molecule has 5 nitrogen and oxygen atoms in total. The largest absolute Gasteiger partial charge is 0.408 e. The first kappa shape index (κ1) is 14.7. The molecule has 1 heterocycles. The lowest BCUT2D eigenvalue weighted by molar-refractivity contribution is -0.143. The van der Waals surface area contributed by atoms with Crippen LogP contribution in [0.25, 0.3) is 0 Å². The van der Waals surface area contributed by atoms with Crippen LogP contribution in [0.2, 0.25) is 5.28 Å². The van der Waals surface area contributed by atoms with Crippen LogP contribution in [0.15, 0.2) is 0 Å². The molecular weight excluding hydrogens is 271 g/mol. The predicted molar refractivity (Wildman–Crippen MR) is 62.8 cm³/mol. The van der Waals surface area contributed by atoms with Gasteiger partial charge < -0.3 is 10.6 Å². The number of nitrogens with one attached hydrogen (secondary N) is 2. The van der Waals surface area contributed by atoms with E-state index in [9.17, 15) is 13.2 Å². The molecule has 0 aliphatic rings. The van der Waals surface area contributed by atoms with Crippen molar-refractivity contribution in [1.29, 1.82) is 0 Å². The minimum atomic E-state index is -4.37. The normalized spacial score (nSPS) is 13.2. The van der Waals surface area contributed by atoms with Gasteiger partial charge in [-0.25, -0.2) is 0 Å². The molecule has 1 aromatic rings. The number of anilines is 2. The first-order valence-electron chi connectivity index (χ1n) is 5.35. The Kier molecular flexibility index (Phi) is 4.94. The molecule has 9 heteroatoms. The van der Waals surface area contributed by atoms with E-state index in [0.29, 0.717) is 6.54 Å². The van der Waals surface area contributed by atoms with Crippen LogP contribution in [0, 0.1) is 0 Å². The molecule has 0 saturated heterocycles. The number of halogens is 4. The van der Waals surface area contributed by atoms with Crippen molar-refractivity contribution < 1.29 is 13.2 Å². The van der Waals surface area contributed by atoms with Gasteiger partial charge in [0.2, 0.25) is 17.2 Å². The third kappa shape index (κ3) is 4.17. The van der Waals surface area contributed by atoms with Gasteiger partial charge in [0.25, 0.3) is 0 Å². The molecule has 0 radical (unpaired) electrons. The first-order valence-corrected chi connectivity index (χ1v) is 5.73. The summed E-state index contributed by atoms with van der Waals surface area (Å²) in [4.78, 5) is 11.1. The lowest BCUT2D eigenvalue weighted by Gasteiger charge is -2.20. The Balaban J connectivity index is 2.89. The second kappa shape index (κ2) is 6.03. The molecule has 0 aromatic carbocycles. The lowest BCUT2D eigenvalue weighted by atomic mass is 10.2. The molecule has 0 spiro atoms. The first-order chi connectivity index (χ1) is 8.36. The summed E-state index contributed by atoms with van der Waals surface area (Å²) in [5.41, 5.74) is 0. The van der Waals surface area contributed by atoms with Crippen molar-refractivity contribution in [3.63, 3.8) is 0 Å². The third-order valence-corrected chi connectivity index (χ3v) is 2.22. The van der Waals surface area contributed by atoms with Crippen molar-refractivity contribution in [1.82, 2.24) is 15.0 Å². The Hall–Kier alpha value is -1.31. The Morgan fingerprint density at radius 1 is 1.17 bits per heavy atom. The lowest BCUT2D eigenvalue weighted by Crippen LogP contribution is -2.36. The molecule has 1 aromatic heterocycles. The van der Waals surface area contributed by atoms with Gasteiger partial charge in [-0.1, -0.05) is 6.92 Å². The minimum Gasteiger partial charge on any atom is -0.354 e. The van der Waals surface area contributed by atoms with E-state index in [1.54, 1.807) is 6.92 Å². The maximum atomic E-state index is 12.6. The predicted octanol–water partition coefficient (Wildman–Crippen LogP) is 2.71. The number of hydrogen-bond donors (Lipinski definition) is 2. The molecule has 18 heavy (non-hydrogen) atoms. The molecular formula is C9H13ClF3N5. The van der Waals surface area contributed by atoms with E-state index in [0.717, 1.165) is 0 Å². The average Bonchev–Trinajstić information content (AvgIpc) is 2.24. The van der Waals surface area contributed by atoms with Crippen molar-refractivity contribution >= 4 is 23.5 Å². The molecule has 102 valence electrons. The highest BCUT2D eigenvalue weighted by Crippen LogP contribution is 2.25. The summed E-state index contributed by atoms with van der Waals surface area (Å²) in [7, 11) is 0. The quantitative estimate of drug-likeness (QED) is 0.870. The van der Waals surface area contributed by atoms with Gasteiger partial charge in [-0.05, 0) is 24.9 Å². The molecule has 0 fully saturated rings. The summed E-state index contributed by atoms with van der Waals surface area (Å²) in [5.74, 6) is -0.0628. The van der Waals surface area contributed by atoms with Crippen LogP contribution in [0.4, 0.5) is 25.1 Å². The van der Waals surface area contributed by atoms with Crippen molar-refractivity contribution in [2.75, 3.05) is 17.2 Å². The highest BCUT2D eigenvalue weighted by Gasteiger charge is 2.38. The number of alkyl halides is 3. The molecule has 0 amide bonds. The van der Waals surface area contributed by atoms with E-state index in [4.69, 9.17) is 11.6 Å². The number of hydrogen-bond acceptors (Lipinski definition) is 5. The molecule has 1 atom stereocenters. The number of nitrogens with zero attached hydrogens (tertiary/aromatic N) is 3. The zero-order valence-electron chi connectivity index (χ0n) is 9.85. The van der Waals surface area contributed by atoms with Gasteiger partial charge in [-0.15, -0.1) is 0 Å². The second-order valence-corrected chi connectivity index (χ2v) is 3.77. The fraction of sp³-hybridized carbons (Fsp3) is 0.667. The van der Waals surface area contributed by atoms with E-state index in [-0.39, 0.29) is 23.6 Å². The summed E-state index contributed by atoms with van der Waals surface area (Å²) in [6.45, 7) is 3.74. The van der Waals surface area contributed by atoms with E-state index in [2.05, 4.69) is 25.6 Å². The standard InChI is InChI=1S/C9H13ClF3N5/c1-3-5(9(11,12)13)15-8-17-6(10)16-7(18-8)14-4-2/h5H,3-4H2,1-2H3,(H2,14,15,16,17,18)/t5-/m1/s1. The van der Waals surface area contributed by atoms with Gasteiger partial charge in [-0.3, -0.25) is 0 Å². The SMILES string of the molecule is CCNc1nc(Cl)nc(N[C@H](CC)C(F)(F)F)n1. The van der Waals surface area contributed by atoms with Crippen molar-refractivity contribution in [3.05, 3.63) is 5.28 Å². The molecule has 2 N–H and O–H groups in total. The van der Waals surface area contributed by atoms with Gasteiger partial charge in [0, 0.05) is 6.54 Å².